The minimum Gasteiger partial charge on any atom is -0.392 e. The molecule has 36 heavy (non-hydrogen) atoms. The number of para-hydroxylation sites is 1. The third kappa shape index (κ3) is 8.19. The number of aliphatic hydroxyl groups excluding tert-OH is 1. The maximum Gasteiger partial charge on any atom is 0.237 e. The first kappa shape index (κ1) is 27.9. The van der Waals surface area contributed by atoms with Crippen LogP contribution in [0, 0.1) is 0 Å². The van der Waals surface area contributed by atoms with Crippen LogP contribution in [0.4, 0.5) is 0 Å². The van der Waals surface area contributed by atoms with E-state index in [0.29, 0.717) is 32.8 Å². The summed E-state index contributed by atoms with van der Waals surface area (Å²) in [7, 11) is 1.68. The third-order valence-corrected chi connectivity index (χ3v) is 6.58. The number of aromatic nitrogens is 1. The van der Waals surface area contributed by atoms with Crippen molar-refractivity contribution in [3.63, 3.8) is 0 Å². The van der Waals surface area contributed by atoms with Gasteiger partial charge in [0, 0.05) is 57.0 Å². The number of rotatable bonds is 13. The Morgan fingerprint density at radius 3 is 2.47 bits per heavy atom. The molecule has 3 rings (SSSR count). The van der Waals surface area contributed by atoms with E-state index >= 15 is 0 Å². The Labute approximate surface area is 216 Å². The van der Waals surface area contributed by atoms with Gasteiger partial charge in [-0.25, -0.2) is 0 Å². The van der Waals surface area contributed by atoms with E-state index in [9.17, 15) is 9.90 Å². The minimum atomic E-state index is -0.495. The van der Waals surface area contributed by atoms with Gasteiger partial charge in [-0.1, -0.05) is 63.2 Å². The number of ether oxygens (including phenoxy) is 1. The summed E-state index contributed by atoms with van der Waals surface area (Å²) in [6, 6.07) is 16.9. The summed E-state index contributed by atoms with van der Waals surface area (Å²) in [6.45, 7) is 11.7. The van der Waals surface area contributed by atoms with Gasteiger partial charge in [-0.05, 0) is 47.9 Å². The summed E-state index contributed by atoms with van der Waals surface area (Å²) >= 11 is 0. The number of hydrogen-bond donors (Lipinski definition) is 2. The fourth-order valence-corrected chi connectivity index (χ4v) is 4.55. The Bertz CT molecular complexity index is 1080. The molecular formula is C30H43N3O3. The summed E-state index contributed by atoms with van der Waals surface area (Å²) in [5, 5.41) is 11.2. The van der Waals surface area contributed by atoms with Crippen molar-refractivity contribution in [1.82, 2.24) is 14.8 Å². The standard InChI is InChI=1S/C30H43N3O3/c1-23(34)20-32(16-8-18-36-5)22-29(35)33(21-24-11-13-26(14-12-24)30(2,3)4)17-15-25-19-31-28-10-7-6-9-27(25)28/h6-7,9-14,19,23,31,34H,8,15-18,20-22H2,1-5H3/t23-/m1/s1. The Balaban J connectivity index is 1.76. The van der Waals surface area contributed by atoms with Crippen LogP contribution < -0.4 is 0 Å². The van der Waals surface area contributed by atoms with Crippen molar-refractivity contribution in [2.45, 2.75) is 58.6 Å². The average molecular weight is 494 g/mol. The molecule has 2 N–H and O–H groups in total. The molecule has 0 aliphatic heterocycles. The molecule has 1 amide bonds. The number of carbonyl (C=O) groups is 1. The average Bonchev–Trinajstić information content (AvgIpc) is 3.24. The van der Waals surface area contributed by atoms with Gasteiger partial charge in [-0.3, -0.25) is 9.69 Å². The van der Waals surface area contributed by atoms with E-state index in [4.69, 9.17) is 4.74 Å². The number of carbonyl (C=O) groups excluding carboxylic acids is 1. The summed E-state index contributed by atoms with van der Waals surface area (Å²) in [5.41, 5.74) is 4.82. The van der Waals surface area contributed by atoms with Gasteiger partial charge in [0.25, 0.3) is 0 Å². The summed E-state index contributed by atoms with van der Waals surface area (Å²) in [6.07, 6.45) is 3.15. The first-order chi connectivity index (χ1) is 17.2. The molecule has 2 aromatic carbocycles. The second-order valence-corrected chi connectivity index (χ2v) is 10.8. The number of H-pyrrole nitrogens is 1. The number of aliphatic hydroxyl groups is 1. The molecule has 6 nitrogen and oxygen atoms in total. The molecule has 0 aliphatic carbocycles. The topological polar surface area (TPSA) is 68.8 Å². The molecule has 0 radical (unpaired) electrons. The monoisotopic (exact) mass is 493 g/mol. The molecule has 0 saturated heterocycles. The quantitative estimate of drug-likeness (QED) is 0.337. The number of benzene rings is 2. The predicted octanol–water partition coefficient (Wildman–Crippen LogP) is 4.76. The number of methoxy groups -OCH3 is 1. The Hall–Kier alpha value is -2.67. The van der Waals surface area contributed by atoms with Crippen LogP contribution in [0.3, 0.4) is 0 Å². The highest BCUT2D eigenvalue weighted by molar-refractivity contribution is 5.83. The van der Waals surface area contributed by atoms with Gasteiger partial charge in [0.2, 0.25) is 5.91 Å². The van der Waals surface area contributed by atoms with Crippen LogP contribution in [0.1, 0.15) is 50.8 Å². The van der Waals surface area contributed by atoms with E-state index in [1.54, 1.807) is 14.0 Å². The van der Waals surface area contributed by atoms with E-state index in [1.165, 1.54) is 16.5 Å². The molecule has 0 spiro atoms. The zero-order valence-electron chi connectivity index (χ0n) is 22.6. The van der Waals surface area contributed by atoms with E-state index in [2.05, 4.69) is 68.4 Å². The lowest BCUT2D eigenvalue weighted by Crippen LogP contribution is -2.43. The number of nitrogens with zero attached hydrogens (tertiary/aromatic N) is 2. The number of aromatic amines is 1. The molecule has 0 aliphatic rings. The molecule has 0 bridgehead atoms. The molecule has 0 unspecified atom stereocenters. The van der Waals surface area contributed by atoms with Crippen LogP contribution in [0.25, 0.3) is 10.9 Å². The zero-order valence-corrected chi connectivity index (χ0v) is 22.6. The lowest BCUT2D eigenvalue weighted by atomic mass is 9.87. The van der Waals surface area contributed by atoms with Gasteiger partial charge in [-0.15, -0.1) is 0 Å². The Morgan fingerprint density at radius 1 is 1.08 bits per heavy atom. The number of fused-ring (bicyclic) bond motifs is 1. The maximum absolute atomic E-state index is 13.6. The number of amides is 1. The van der Waals surface area contributed by atoms with E-state index < -0.39 is 6.10 Å². The lowest BCUT2D eigenvalue weighted by molar-refractivity contribution is -0.133. The highest BCUT2D eigenvalue weighted by atomic mass is 16.5. The first-order valence-electron chi connectivity index (χ1n) is 13.0. The molecule has 3 aromatic rings. The largest absolute Gasteiger partial charge is 0.392 e. The Morgan fingerprint density at radius 2 is 1.81 bits per heavy atom. The van der Waals surface area contributed by atoms with Crippen LogP contribution in [0.5, 0.6) is 0 Å². The minimum absolute atomic E-state index is 0.0767. The van der Waals surface area contributed by atoms with Gasteiger partial charge in [0.15, 0.2) is 0 Å². The zero-order chi connectivity index (χ0) is 26.1. The maximum atomic E-state index is 13.6. The van der Waals surface area contributed by atoms with Crippen molar-refractivity contribution < 1.29 is 14.6 Å². The van der Waals surface area contributed by atoms with Gasteiger partial charge in [0.05, 0.1) is 12.6 Å². The highest BCUT2D eigenvalue weighted by Gasteiger charge is 2.20. The molecule has 0 fully saturated rings. The number of hydrogen-bond acceptors (Lipinski definition) is 4. The Kier molecular flexibility index (Phi) is 10.1. The molecule has 0 saturated carbocycles. The third-order valence-electron chi connectivity index (χ3n) is 6.58. The first-order valence-corrected chi connectivity index (χ1v) is 13.0. The van der Waals surface area contributed by atoms with E-state index in [-0.39, 0.29) is 17.9 Å². The highest BCUT2D eigenvalue weighted by Crippen LogP contribution is 2.23. The van der Waals surface area contributed by atoms with Crippen LogP contribution in [0.15, 0.2) is 54.7 Å². The summed E-state index contributed by atoms with van der Waals surface area (Å²) < 4.78 is 5.19. The fourth-order valence-electron chi connectivity index (χ4n) is 4.55. The SMILES string of the molecule is COCCCN(CC(=O)N(CCc1c[nH]c2ccccc12)Cc1ccc(C(C)(C)C)cc1)C[C@@H](C)O. The molecule has 1 aromatic heterocycles. The van der Waals surface area contributed by atoms with Crippen molar-refractivity contribution in [2.75, 3.05) is 39.9 Å². The van der Waals surface area contributed by atoms with Gasteiger partial charge >= 0.3 is 0 Å². The van der Waals surface area contributed by atoms with Crippen molar-refractivity contribution in [1.29, 1.82) is 0 Å². The van der Waals surface area contributed by atoms with E-state index in [0.717, 1.165) is 23.9 Å². The van der Waals surface area contributed by atoms with Crippen LogP contribution >= 0.6 is 0 Å². The molecular weight excluding hydrogens is 450 g/mol. The van der Waals surface area contributed by atoms with Crippen LogP contribution in [0.2, 0.25) is 0 Å². The smallest absolute Gasteiger partial charge is 0.237 e. The normalized spacial score (nSPS) is 12.9. The molecule has 1 atom stereocenters. The van der Waals surface area contributed by atoms with Crippen LogP contribution in [-0.2, 0) is 27.9 Å². The van der Waals surface area contributed by atoms with Crippen molar-refractivity contribution in [3.05, 3.63) is 71.4 Å². The molecule has 1 heterocycles. The lowest BCUT2D eigenvalue weighted by Gasteiger charge is -2.28. The number of nitrogens with one attached hydrogen (secondary N) is 1. The van der Waals surface area contributed by atoms with Gasteiger partial charge in [0.1, 0.15) is 0 Å². The van der Waals surface area contributed by atoms with Crippen LogP contribution in [-0.4, -0.2) is 71.8 Å². The fraction of sp³-hybridized carbons (Fsp3) is 0.500. The van der Waals surface area contributed by atoms with Crippen molar-refractivity contribution in [3.8, 4) is 0 Å². The predicted molar refractivity (Wildman–Crippen MR) is 147 cm³/mol. The van der Waals surface area contributed by atoms with Gasteiger partial charge < -0.3 is 19.7 Å². The van der Waals surface area contributed by atoms with Crippen molar-refractivity contribution in [2.24, 2.45) is 0 Å². The summed E-state index contributed by atoms with van der Waals surface area (Å²) in [5.74, 6) is 0.0767. The van der Waals surface area contributed by atoms with Crippen molar-refractivity contribution >= 4 is 16.8 Å². The second kappa shape index (κ2) is 13.0. The second-order valence-electron chi connectivity index (χ2n) is 10.8. The van der Waals surface area contributed by atoms with E-state index in [1.807, 2.05) is 21.9 Å². The molecule has 196 valence electrons. The summed E-state index contributed by atoms with van der Waals surface area (Å²) in [4.78, 5) is 20.9. The molecule has 6 heteroatoms. The van der Waals surface area contributed by atoms with Gasteiger partial charge in [-0.2, -0.15) is 0 Å².